The van der Waals surface area contributed by atoms with Crippen molar-refractivity contribution in [3.8, 4) is 0 Å². The fraction of sp³-hybridized carbons (Fsp3) is 0.750. The minimum absolute atomic E-state index is 0.0327. The number of carbonyl (C=O) groups excluding carboxylic acids is 3. The maximum Gasteiger partial charge on any atom is 0.302 e. The second-order valence-corrected chi connectivity index (χ2v) is 8.90. The van der Waals surface area contributed by atoms with Gasteiger partial charge >= 0.3 is 5.97 Å². The molecule has 3 aliphatic carbocycles. The Morgan fingerprint density at radius 3 is 2.42 bits per heavy atom. The first-order chi connectivity index (χ1) is 11.0. The van der Waals surface area contributed by atoms with E-state index in [1.165, 1.54) is 6.92 Å². The average molecular weight is 332 g/mol. The summed E-state index contributed by atoms with van der Waals surface area (Å²) >= 11 is 0. The molecule has 0 aromatic heterocycles. The summed E-state index contributed by atoms with van der Waals surface area (Å²) in [5.74, 6) is 0.259. The topological polar surface area (TPSA) is 60.4 Å². The molecule has 0 bridgehead atoms. The number of fused-ring (bicyclic) bond motifs is 3. The summed E-state index contributed by atoms with van der Waals surface area (Å²) in [6, 6.07) is 0. The Morgan fingerprint density at radius 2 is 1.79 bits per heavy atom. The average Bonchev–Trinajstić information content (AvgIpc) is 2.45. The molecule has 4 heteroatoms. The van der Waals surface area contributed by atoms with Crippen molar-refractivity contribution in [2.75, 3.05) is 0 Å². The molecule has 3 aliphatic rings. The molecule has 4 nitrogen and oxygen atoms in total. The van der Waals surface area contributed by atoms with E-state index in [0.717, 1.165) is 24.8 Å². The predicted molar refractivity (Wildman–Crippen MR) is 90.2 cm³/mol. The summed E-state index contributed by atoms with van der Waals surface area (Å²) in [7, 11) is 0. The molecule has 0 radical (unpaired) electrons. The van der Waals surface area contributed by atoms with E-state index < -0.39 is 0 Å². The quantitative estimate of drug-likeness (QED) is 0.688. The Kier molecular flexibility index (Phi) is 3.82. The van der Waals surface area contributed by atoms with Crippen molar-refractivity contribution in [3.05, 3.63) is 11.6 Å². The zero-order chi connectivity index (χ0) is 17.9. The van der Waals surface area contributed by atoms with Gasteiger partial charge in [-0.1, -0.05) is 33.3 Å². The molecule has 2 fully saturated rings. The monoisotopic (exact) mass is 332 g/mol. The van der Waals surface area contributed by atoms with Crippen LogP contribution in [-0.2, 0) is 19.1 Å². The first kappa shape index (κ1) is 17.4. The lowest BCUT2D eigenvalue weighted by Crippen LogP contribution is -2.57. The van der Waals surface area contributed by atoms with E-state index in [1.807, 2.05) is 0 Å². The van der Waals surface area contributed by atoms with Crippen molar-refractivity contribution in [1.82, 2.24) is 0 Å². The van der Waals surface area contributed by atoms with Crippen LogP contribution in [0.2, 0.25) is 0 Å². The van der Waals surface area contributed by atoms with Gasteiger partial charge in [0, 0.05) is 30.6 Å². The minimum Gasteiger partial charge on any atom is -0.461 e. The van der Waals surface area contributed by atoms with Crippen LogP contribution in [0.3, 0.4) is 0 Å². The van der Waals surface area contributed by atoms with E-state index in [9.17, 15) is 14.4 Å². The molecule has 132 valence electrons. The highest BCUT2D eigenvalue weighted by Gasteiger charge is 2.61. The third kappa shape index (κ3) is 2.29. The van der Waals surface area contributed by atoms with Crippen LogP contribution in [0.15, 0.2) is 11.6 Å². The van der Waals surface area contributed by atoms with Crippen molar-refractivity contribution >= 4 is 17.5 Å². The summed E-state index contributed by atoms with van der Waals surface area (Å²) in [4.78, 5) is 36.4. The molecular formula is C20H28O4. The molecule has 0 aromatic rings. The van der Waals surface area contributed by atoms with Crippen LogP contribution in [0.1, 0.15) is 66.7 Å². The van der Waals surface area contributed by atoms with Crippen molar-refractivity contribution in [2.24, 2.45) is 22.2 Å². The van der Waals surface area contributed by atoms with Crippen LogP contribution < -0.4 is 0 Å². The lowest BCUT2D eigenvalue weighted by molar-refractivity contribution is -0.159. The molecule has 24 heavy (non-hydrogen) atoms. The third-order valence-electron chi connectivity index (χ3n) is 7.12. The smallest absolute Gasteiger partial charge is 0.302 e. The van der Waals surface area contributed by atoms with Gasteiger partial charge in [-0.05, 0) is 36.7 Å². The summed E-state index contributed by atoms with van der Waals surface area (Å²) in [6.45, 7) is 9.84. The lowest BCUT2D eigenvalue weighted by atomic mass is 9.43. The first-order valence-corrected chi connectivity index (χ1v) is 8.98. The molecule has 0 unspecified atom stereocenters. The van der Waals surface area contributed by atoms with E-state index in [-0.39, 0.29) is 46.4 Å². The molecular weight excluding hydrogens is 304 g/mol. The number of ether oxygens (including phenoxy) is 1. The zero-order valence-corrected chi connectivity index (χ0v) is 15.4. The number of carbonyl (C=O) groups is 3. The molecule has 0 N–H and O–H groups in total. The van der Waals surface area contributed by atoms with Gasteiger partial charge in [0.2, 0.25) is 0 Å². The van der Waals surface area contributed by atoms with Crippen molar-refractivity contribution in [1.29, 1.82) is 0 Å². The van der Waals surface area contributed by atoms with Gasteiger partial charge in [0.15, 0.2) is 5.78 Å². The lowest BCUT2D eigenvalue weighted by Gasteiger charge is -2.60. The zero-order valence-electron chi connectivity index (χ0n) is 15.4. The molecule has 0 spiro atoms. The van der Waals surface area contributed by atoms with Crippen LogP contribution >= 0.6 is 0 Å². The highest BCUT2D eigenvalue weighted by atomic mass is 16.5. The number of rotatable bonds is 1. The van der Waals surface area contributed by atoms with Crippen molar-refractivity contribution < 1.29 is 19.1 Å². The fourth-order valence-corrected chi connectivity index (χ4v) is 5.76. The Morgan fingerprint density at radius 1 is 1.12 bits per heavy atom. The number of hydrogen-bond acceptors (Lipinski definition) is 4. The number of Topliss-reactive ketones (excluding diaryl/α,β-unsaturated/α-hetero) is 1. The molecule has 2 saturated carbocycles. The SMILES string of the molecule is CC(=O)O[C@H]1CC(=O)C=C2[C@]1(C)CC[C@@H]1C(C)(C)C(=O)CC[C@@]21C. The van der Waals surface area contributed by atoms with E-state index in [2.05, 4.69) is 27.7 Å². The van der Waals surface area contributed by atoms with Gasteiger partial charge < -0.3 is 4.74 Å². The van der Waals surface area contributed by atoms with E-state index in [0.29, 0.717) is 12.2 Å². The first-order valence-electron chi connectivity index (χ1n) is 8.98. The summed E-state index contributed by atoms with van der Waals surface area (Å²) in [5.41, 5.74) is 0.251. The summed E-state index contributed by atoms with van der Waals surface area (Å²) in [5, 5.41) is 0. The number of esters is 1. The number of hydrogen-bond donors (Lipinski definition) is 0. The second kappa shape index (κ2) is 5.27. The molecule has 0 saturated heterocycles. The maximum atomic E-state index is 12.5. The Labute approximate surface area is 144 Å². The van der Waals surface area contributed by atoms with Gasteiger partial charge in [0.05, 0.1) is 0 Å². The molecule has 0 aromatic carbocycles. The third-order valence-corrected chi connectivity index (χ3v) is 7.12. The van der Waals surface area contributed by atoms with Crippen LogP contribution in [0.25, 0.3) is 0 Å². The molecule has 3 rings (SSSR count). The predicted octanol–water partition coefficient (Wildman–Crippen LogP) is 3.63. The maximum absolute atomic E-state index is 12.5. The van der Waals surface area contributed by atoms with Crippen LogP contribution in [0, 0.1) is 22.2 Å². The Balaban J connectivity index is 2.08. The van der Waals surface area contributed by atoms with Crippen molar-refractivity contribution in [3.63, 3.8) is 0 Å². The standard InChI is InChI=1S/C20H28O4/c1-12(21)24-17-11-13(22)10-15-19(4)9-7-16(23)18(2,3)14(19)6-8-20(15,17)5/h10,14,17H,6-9,11H2,1-5H3/t14-,17+,19-,20+/m1/s1. The highest BCUT2D eigenvalue weighted by Crippen LogP contribution is 2.65. The molecule has 0 amide bonds. The van der Waals surface area contributed by atoms with Crippen LogP contribution in [0.5, 0.6) is 0 Å². The Hall–Kier alpha value is -1.45. The van der Waals surface area contributed by atoms with E-state index in [4.69, 9.17) is 4.74 Å². The minimum atomic E-state index is -0.388. The van der Waals surface area contributed by atoms with E-state index >= 15 is 0 Å². The molecule has 0 aliphatic heterocycles. The van der Waals surface area contributed by atoms with Crippen LogP contribution in [-0.4, -0.2) is 23.6 Å². The summed E-state index contributed by atoms with van der Waals surface area (Å²) < 4.78 is 5.56. The highest BCUT2D eigenvalue weighted by molar-refractivity contribution is 5.93. The largest absolute Gasteiger partial charge is 0.461 e. The van der Waals surface area contributed by atoms with Gasteiger partial charge in [0.1, 0.15) is 11.9 Å². The van der Waals surface area contributed by atoms with E-state index in [1.54, 1.807) is 6.08 Å². The van der Waals surface area contributed by atoms with Gasteiger partial charge in [-0.25, -0.2) is 0 Å². The van der Waals surface area contributed by atoms with Gasteiger partial charge in [-0.15, -0.1) is 0 Å². The Bertz CT molecular complexity index is 644. The molecule has 4 atom stereocenters. The fourth-order valence-electron chi connectivity index (χ4n) is 5.76. The normalized spacial score (nSPS) is 41.1. The number of ketones is 2. The second-order valence-electron chi connectivity index (χ2n) is 8.90. The van der Waals surface area contributed by atoms with Gasteiger partial charge in [0.25, 0.3) is 0 Å². The van der Waals surface area contributed by atoms with Gasteiger partial charge in [-0.2, -0.15) is 0 Å². The van der Waals surface area contributed by atoms with Gasteiger partial charge in [-0.3, -0.25) is 14.4 Å². The summed E-state index contributed by atoms with van der Waals surface area (Å²) in [6.07, 6.45) is 4.79. The van der Waals surface area contributed by atoms with Crippen LogP contribution in [0.4, 0.5) is 0 Å². The van der Waals surface area contributed by atoms with Crippen molar-refractivity contribution in [2.45, 2.75) is 72.8 Å². The molecule has 0 heterocycles. The number of allylic oxidation sites excluding steroid dienone is 1.